The van der Waals surface area contributed by atoms with E-state index in [4.69, 9.17) is 14.0 Å². The molecule has 1 aliphatic heterocycles. The van der Waals surface area contributed by atoms with Gasteiger partial charge in [0.2, 0.25) is 5.91 Å². The third kappa shape index (κ3) is 4.53. The number of nitrogens with zero attached hydrogens (tertiary/aromatic N) is 2. The number of rotatable bonds is 6. The Balaban J connectivity index is 1.25. The fourth-order valence-electron chi connectivity index (χ4n) is 4.19. The van der Waals surface area contributed by atoms with Gasteiger partial charge in [-0.2, -0.15) is 0 Å². The molecule has 1 amide bonds. The Kier molecular flexibility index (Phi) is 5.66. The van der Waals surface area contributed by atoms with Gasteiger partial charge in [0.05, 0.1) is 18.9 Å². The van der Waals surface area contributed by atoms with Gasteiger partial charge in [-0.25, -0.2) is 4.98 Å². The van der Waals surface area contributed by atoms with Crippen LogP contribution in [0.15, 0.2) is 47.1 Å². The highest BCUT2D eigenvalue weighted by Crippen LogP contribution is 2.48. The summed E-state index contributed by atoms with van der Waals surface area (Å²) in [6.45, 7) is 5.45. The molecule has 3 aromatic rings. The number of pyridine rings is 1. The van der Waals surface area contributed by atoms with E-state index in [1.807, 2.05) is 37.3 Å². The number of nitrogens with one attached hydrogen (secondary N) is 1. The fraction of sp³-hybridized carbons (Fsp3) is 0.400. The van der Waals surface area contributed by atoms with E-state index in [0.717, 1.165) is 66.4 Å². The smallest absolute Gasteiger partial charge is 0.229 e. The molecular weight excluding hydrogens is 406 g/mol. The van der Waals surface area contributed by atoms with Crippen LogP contribution in [0.4, 0.5) is 5.82 Å². The number of anilines is 1. The summed E-state index contributed by atoms with van der Waals surface area (Å²) in [5.74, 6) is 2.20. The summed E-state index contributed by atoms with van der Waals surface area (Å²) in [6, 6.07) is 11.9. The second-order valence-corrected chi connectivity index (χ2v) is 8.65. The Bertz CT molecular complexity index is 1120. The number of carbonyl (C=O) groups excluding carboxylic acids is 1. The summed E-state index contributed by atoms with van der Waals surface area (Å²) in [5, 5.41) is 6.87. The molecule has 0 spiro atoms. The van der Waals surface area contributed by atoms with Gasteiger partial charge in [-0.3, -0.25) is 4.79 Å². The van der Waals surface area contributed by atoms with E-state index >= 15 is 0 Å². The quantitative estimate of drug-likeness (QED) is 0.609. The first-order valence-corrected chi connectivity index (χ1v) is 11.1. The monoisotopic (exact) mass is 433 g/mol. The molecule has 0 bridgehead atoms. The minimum Gasteiger partial charge on any atom is -0.490 e. The first-order valence-electron chi connectivity index (χ1n) is 11.1. The second-order valence-electron chi connectivity index (χ2n) is 8.65. The van der Waals surface area contributed by atoms with E-state index in [0.29, 0.717) is 5.82 Å². The zero-order valence-electron chi connectivity index (χ0n) is 18.3. The SMILES string of the molecule is Cc1cc([C@@H]2CC2C(=O)Nc2cc(-c3ccc(OC4CCOCC4)c(C)c3)ccn2)on1. The highest BCUT2D eigenvalue weighted by atomic mass is 16.5. The molecule has 1 aliphatic carbocycles. The summed E-state index contributed by atoms with van der Waals surface area (Å²) < 4.78 is 16.9. The number of ether oxygens (including phenoxy) is 2. The maximum absolute atomic E-state index is 12.7. The van der Waals surface area contributed by atoms with Crippen molar-refractivity contribution in [3.8, 4) is 16.9 Å². The van der Waals surface area contributed by atoms with Crippen molar-refractivity contribution in [2.45, 2.75) is 45.1 Å². The molecule has 32 heavy (non-hydrogen) atoms. The highest BCUT2D eigenvalue weighted by Gasteiger charge is 2.46. The van der Waals surface area contributed by atoms with Crippen LogP contribution in [0.1, 0.15) is 42.2 Å². The zero-order chi connectivity index (χ0) is 22.1. The molecule has 0 radical (unpaired) electrons. The molecule has 2 aliphatic rings. The third-order valence-corrected chi connectivity index (χ3v) is 6.12. The lowest BCUT2D eigenvalue weighted by molar-refractivity contribution is -0.117. The molecule has 1 aromatic carbocycles. The number of carbonyl (C=O) groups is 1. The third-order valence-electron chi connectivity index (χ3n) is 6.12. The summed E-state index contributed by atoms with van der Waals surface area (Å²) in [4.78, 5) is 17.0. The van der Waals surface area contributed by atoms with Crippen molar-refractivity contribution >= 4 is 11.7 Å². The predicted molar refractivity (Wildman–Crippen MR) is 120 cm³/mol. The van der Waals surface area contributed by atoms with E-state index in [-0.39, 0.29) is 23.8 Å². The normalized spacial score (nSPS) is 20.7. The first kappa shape index (κ1) is 20.7. The molecule has 7 heteroatoms. The van der Waals surface area contributed by atoms with Crippen LogP contribution in [-0.4, -0.2) is 35.4 Å². The number of hydrogen-bond donors (Lipinski definition) is 1. The largest absolute Gasteiger partial charge is 0.490 e. The van der Waals surface area contributed by atoms with Crippen molar-refractivity contribution in [1.82, 2.24) is 10.1 Å². The minimum atomic E-state index is -0.100. The standard InChI is InChI=1S/C25H27N3O4/c1-15-11-17(3-4-22(15)31-19-6-9-30-10-7-19)18-5-8-26-24(13-18)27-25(29)21-14-20(21)23-12-16(2)28-32-23/h3-5,8,11-13,19-21H,6-7,9-10,14H2,1-2H3,(H,26,27,29)/t20-,21?/m1/s1. The van der Waals surface area contributed by atoms with Crippen molar-refractivity contribution in [2.24, 2.45) is 5.92 Å². The summed E-state index contributed by atoms with van der Waals surface area (Å²) >= 11 is 0. The summed E-state index contributed by atoms with van der Waals surface area (Å²) in [5.41, 5.74) is 3.97. The molecular formula is C25H27N3O4. The van der Waals surface area contributed by atoms with E-state index in [2.05, 4.69) is 28.4 Å². The second kappa shape index (κ2) is 8.74. The summed E-state index contributed by atoms with van der Waals surface area (Å²) in [7, 11) is 0. The maximum Gasteiger partial charge on any atom is 0.229 e. The van der Waals surface area contributed by atoms with Gasteiger partial charge in [0, 0.05) is 36.9 Å². The van der Waals surface area contributed by atoms with Crippen LogP contribution in [0.5, 0.6) is 5.75 Å². The van der Waals surface area contributed by atoms with E-state index in [9.17, 15) is 4.79 Å². The lowest BCUT2D eigenvalue weighted by atomic mass is 10.0. The van der Waals surface area contributed by atoms with Crippen molar-refractivity contribution in [3.63, 3.8) is 0 Å². The van der Waals surface area contributed by atoms with E-state index in [1.54, 1.807) is 6.20 Å². The number of amides is 1. The number of aromatic nitrogens is 2. The minimum absolute atomic E-state index is 0.0370. The average Bonchev–Trinajstić information content (AvgIpc) is 3.49. The first-order chi connectivity index (χ1) is 15.6. The Hall–Kier alpha value is -3.19. The lowest BCUT2D eigenvalue weighted by Gasteiger charge is -2.24. The van der Waals surface area contributed by atoms with Gasteiger partial charge in [0.25, 0.3) is 0 Å². The van der Waals surface area contributed by atoms with Crippen LogP contribution in [0.25, 0.3) is 11.1 Å². The van der Waals surface area contributed by atoms with Gasteiger partial charge >= 0.3 is 0 Å². The maximum atomic E-state index is 12.7. The summed E-state index contributed by atoms with van der Waals surface area (Å²) in [6.07, 6.45) is 4.55. The molecule has 7 nitrogen and oxygen atoms in total. The van der Waals surface area contributed by atoms with Crippen LogP contribution in [0.2, 0.25) is 0 Å². The molecule has 1 N–H and O–H groups in total. The number of hydrogen-bond acceptors (Lipinski definition) is 6. The van der Waals surface area contributed by atoms with Gasteiger partial charge < -0.3 is 19.3 Å². The Morgan fingerprint density at radius 1 is 1.09 bits per heavy atom. The van der Waals surface area contributed by atoms with Gasteiger partial charge in [0.15, 0.2) is 0 Å². The van der Waals surface area contributed by atoms with Crippen molar-refractivity contribution < 1.29 is 18.8 Å². The Labute approximate surface area is 187 Å². The zero-order valence-corrected chi connectivity index (χ0v) is 18.3. The molecule has 166 valence electrons. The van der Waals surface area contributed by atoms with Crippen LogP contribution in [0.3, 0.4) is 0 Å². The molecule has 1 saturated heterocycles. The topological polar surface area (TPSA) is 86.5 Å². The van der Waals surface area contributed by atoms with Gasteiger partial charge in [-0.1, -0.05) is 11.2 Å². The molecule has 5 rings (SSSR count). The molecule has 3 heterocycles. The van der Waals surface area contributed by atoms with Gasteiger partial charge in [0.1, 0.15) is 23.4 Å². The van der Waals surface area contributed by atoms with E-state index < -0.39 is 0 Å². The van der Waals surface area contributed by atoms with Crippen molar-refractivity contribution in [3.05, 3.63) is 59.6 Å². The van der Waals surface area contributed by atoms with Crippen LogP contribution in [0, 0.1) is 19.8 Å². The molecule has 2 atom stereocenters. The van der Waals surface area contributed by atoms with Crippen LogP contribution < -0.4 is 10.1 Å². The predicted octanol–water partition coefficient (Wildman–Crippen LogP) is 4.65. The van der Waals surface area contributed by atoms with E-state index in [1.165, 1.54) is 0 Å². The Morgan fingerprint density at radius 3 is 2.66 bits per heavy atom. The van der Waals surface area contributed by atoms with Gasteiger partial charge in [-0.05, 0) is 61.2 Å². The number of benzene rings is 1. The highest BCUT2D eigenvalue weighted by molar-refractivity contribution is 5.94. The van der Waals surface area contributed by atoms with Crippen molar-refractivity contribution in [1.29, 1.82) is 0 Å². The number of aryl methyl sites for hydroxylation is 2. The molecule has 1 unspecified atom stereocenters. The van der Waals surface area contributed by atoms with Gasteiger partial charge in [-0.15, -0.1) is 0 Å². The van der Waals surface area contributed by atoms with Crippen LogP contribution >= 0.6 is 0 Å². The van der Waals surface area contributed by atoms with Crippen LogP contribution in [-0.2, 0) is 9.53 Å². The fourth-order valence-corrected chi connectivity index (χ4v) is 4.19. The molecule has 2 aromatic heterocycles. The Morgan fingerprint density at radius 2 is 1.91 bits per heavy atom. The lowest BCUT2D eigenvalue weighted by Crippen LogP contribution is -2.26. The average molecular weight is 434 g/mol. The molecule has 2 fully saturated rings. The molecule has 1 saturated carbocycles. The van der Waals surface area contributed by atoms with Crippen molar-refractivity contribution in [2.75, 3.05) is 18.5 Å².